The number of amides is 3. The third-order valence-corrected chi connectivity index (χ3v) is 7.76. The molecule has 13 heteroatoms. The van der Waals surface area contributed by atoms with Gasteiger partial charge in [0.1, 0.15) is 30.8 Å². The summed E-state index contributed by atoms with van der Waals surface area (Å²) in [6.45, 7) is 5.40. The number of carboxylic acid groups (broad SMARTS) is 1. The van der Waals surface area contributed by atoms with E-state index in [1.807, 2.05) is 49.4 Å². The van der Waals surface area contributed by atoms with E-state index in [0.29, 0.717) is 30.1 Å². The van der Waals surface area contributed by atoms with Crippen LogP contribution < -0.4 is 20.7 Å². The molecule has 1 aliphatic heterocycles. The van der Waals surface area contributed by atoms with Crippen LogP contribution in [0.3, 0.4) is 0 Å². The predicted molar refractivity (Wildman–Crippen MR) is 173 cm³/mol. The molecule has 0 bridgehead atoms. The fourth-order valence-electron chi connectivity index (χ4n) is 5.50. The summed E-state index contributed by atoms with van der Waals surface area (Å²) < 4.78 is 16.7. The fraction of sp³-hybridized carbons (Fsp3) is 0.382. The number of aryl methyl sites for hydroxylation is 3. The van der Waals surface area contributed by atoms with E-state index in [4.69, 9.17) is 14.2 Å². The van der Waals surface area contributed by atoms with Gasteiger partial charge in [0.15, 0.2) is 0 Å². The first-order chi connectivity index (χ1) is 22.5. The Morgan fingerprint density at radius 1 is 1.04 bits per heavy atom. The fourth-order valence-corrected chi connectivity index (χ4v) is 5.50. The average molecular weight is 648 g/mol. The first-order valence-electron chi connectivity index (χ1n) is 15.2. The van der Waals surface area contributed by atoms with Gasteiger partial charge in [-0.25, -0.2) is 14.6 Å². The lowest BCUT2D eigenvalue weighted by Gasteiger charge is -2.24. The van der Waals surface area contributed by atoms with Gasteiger partial charge in [-0.3, -0.25) is 9.59 Å². The number of ether oxygens (including phenoxy) is 3. The lowest BCUT2D eigenvalue weighted by atomic mass is 9.99. The van der Waals surface area contributed by atoms with Crippen LogP contribution in [-0.4, -0.2) is 90.4 Å². The number of aromatic nitrogens is 1. The molecule has 2 heterocycles. The van der Waals surface area contributed by atoms with Crippen molar-refractivity contribution in [3.8, 4) is 5.75 Å². The molecule has 3 amide bonds. The van der Waals surface area contributed by atoms with E-state index in [9.17, 15) is 24.3 Å². The molecule has 0 radical (unpaired) electrons. The third kappa shape index (κ3) is 9.91. The van der Waals surface area contributed by atoms with Crippen molar-refractivity contribution in [1.29, 1.82) is 0 Å². The summed E-state index contributed by atoms with van der Waals surface area (Å²) in [5.41, 5.74) is 3.69. The summed E-state index contributed by atoms with van der Waals surface area (Å²) in [5.74, 6) is -1.19. The van der Waals surface area contributed by atoms with Gasteiger partial charge in [-0.15, -0.1) is 0 Å². The SMILES string of the molecule is COc1ccnc(NC[C@@H]2C[C@@H](OCC(=O)NC[C@H](NC(=O)c3c(C)cc(C)cc3C)C(=O)O)CN2C(=O)OCc2ccccc2)c1. The quantitative estimate of drug-likeness (QED) is 0.204. The molecule has 1 fully saturated rings. The van der Waals surface area contributed by atoms with E-state index < -0.39 is 36.0 Å². The highest BCUT2D eigenvalue weighted by Gasteiger charge is 2.37. The minimum atomic E-state index is -1.35. The number of hydrogen-bond acceptors (Lipinski definition) is 9. The van der Waals surface area contributed by atoms with Crippen LogP contribution in [0.2, 0.25) is 0 Å². The Bertz CT molecular complexity index is 1540. The summed E-state index contributed by atoms with van der Waals surface area (Å²) in [4.78, 5) is 56.4. The summed E-state index contributed by atoms with van der Waals surface area (Å²) >= 11 is 0. The molecular weight excluding hydrogens is 606 g/mol. The number of likely N-dealkylation sites (tertiary alicyclic amines) is 1. The van der Waals surface area contributed by atoms with E-state index in [1.54, 1.807) is 44.2 Å². The van der Waals surface area contributed by atoms with Crippen LogP contribution in [0.15, 0.2) is 60.8 Å². The molecule has 0 aliphatic carbocycles. The van der Waals surface area contributed by atoms with E-state index >= 15 is 0 Å². The van der Waals surface area contributed by atoms with E-state index in [1.165, 1.54) is 0 Å². The van der Waals surface area contributed by atoms with Gasteiger partial charge in [0.05, 0.1) is 25.8 Å². The number of pyridine rings is 1. The van der Waals surface area contributed by atoms with Crippen LogP contribution in [0.25, 0.3) is 0 Å². The standard InChI is InChI=1S/C34H41N5O8/c1-21-12-22(2)31(23(3)13-21)32(41)38-28(33(42)43)17-37-30(40)20-46-27-14-25(16-36-29-15-26(45-4)10-11-35-29)39(18-27)34(44)47-19-24-8-6-5-7-9-24/h5-13,15,25,27-28H,14,16-20H2,1-4H3,(H,35,36)(H,37,40)(H,38,41)(H,42,43)/t25-,27+,28-/m0/s1. The van der Waals surface area contributed by atoms with Gasteiger partial charge in [0.25, 0.3) is 5.91 Å². The highest BCUT2D eigenvalue weighted by Crippen LogP contribution is 2.23. The number of anilines is 1. The Morgan fingerprint density at radius 2 is 1.77 bits per heavy atom. The molecule has 13 nitrogen and oxygen atoms in total. The molecule has 4 N–H and O–H groups in total. The number of benzene rings is 2. The molecule has 250 valence electrons. The molecule has 0 unspecified atom stereocenters. The second-order valence-electron chi connectivity index (χ2n) is 11.4. The minimum absolute atomic E-state index is 0.103. The molecule has 4 rings (SSSR count). The number of carboxylic acids is 1. The second-order valence-corrected chi connectivity index (χ2v) is 11.4. The average Bonchev–Trinajstić information content (AvgIpc) is 3.46. The number of rotatable bonds is 14. The van der Waals surface area contributed by atoms with Crippen LogP contribution in [0.4, 0.5) is 10.6 Å². The highest BCUT2D eigenvalue weighted by molar-refractivity contribution is 5.99. The van der Waals surface area contributed by atoms with Crippen molar-refractivity contribution in [3.63, 3.8) is 0 Å². The molecule has 3 atom stereocenters. The number of nitrogens with one attached hydrogen (secondary N) is 3. The van der Waals surface area contributed by atoms with Crippen LogP contribution >= 0.6 is 0 Å². The number of hydrogen-bond donors (Lipinski definition) is 4. The number of methoxy groups -OCH3 is 1. The summed E-state index contributed by atoms with van der Waals surface area (Å²) in [5, 5.41) is 17.9. The van der Waals surface area contributed by atoms with Crippen molar-refractivity contribution < 1.29 is 38.5 Å². The maximum absolute atomic E-state index is 13.1. The zero-order valence-corrected chi connectivity index (χ0v) is 26.9. The Hall–Kier alpha value is -5.17. The van der Waals surface area contributed by atoms with Gasteiger partial charge in [0.2, 0.25) is 5.91 Å². The number of aliphatic carboxylic acids is 1. The highest BCUT2D eigenvalue weighted by atomic mass is 16.6. The third-order valence-electron chi connectivity index (χ3n) is 7.76. The van der Waals surface area contributed by atoms with E-state index in [0.717, 1.165) is 22.3 Å². The van der Waals surface area contributed by atoms with Crippen molar-refractivity contribution in [2.45, 2.75) is 52.0 Å². The van der Waals surface area contributed by atoms with Crippen LogP contribution in [0.1, 0.15) is 39.0 Å². The van der Waals surface area contributed by atoms with Crippen molar-refractivity contribution in [3.05, 3.63) is 88.6 Å². The topological polar surface area (TPSA) is 168 Å². The molecule has 1 saturated heterocycles. The van der Waals surface area contributed by atoms with Crippen molar-refractivity contribution in [2.75, 3.05) is 38.7 Å². The van der Waals surface area contributed by atoms with Crippen molar-refractivity contribution >= 4 is 29.7 Å². The smallest absolute Gasteiger partial charge is 0.410 e. The van der Waals surface area contributed by atoms with Gasteiger partial charge in [0, 0.05) is 30.9 Å². The Kier molecular flexibility index (Phi) is 12.1. The Labute approximate surface area is 273 Å². The molecule has 1 aromatic heterocycles. The van der Waals surface area contributed by atoms with Crippen LogP contribution in [-0.2, 0) is 25.7 Å². The number of carbonyl (C=O) groups excluding carboxylic acids is 3. The first-order valence-corrected chi connectivity index (χ1v) is 15.2. The largest absolute Gasteiger partial charge is 0.497 e. The van der Waals surface area contributed by atoms with Gasteiger partial charge >= 0.3 is 12.1 Å². The molecule has 0 saturated carbocycles. The number of nitrogens with zero attached hydrogens (tertiary/aromatic N) is 2. The van der Waals surface area contributed by atoms with Crippen molar-refractivity contribution in [2.24, 2.45) is 0 Å². The minimum Gasteiger partial charge on any atom is -0.497 e. The summed E-state index contributed by atoms with van der Waals surface area (Å²) in [6.07, 6.45) is 1.01. The molecular formula is C34H41N5O8. The normalized spacial score (nSPS) is 16.2. The summed E-state index contributed by atoms with van der Waals surface area (Å²) in [7, 11) is 1.56. The maximum atomic E-state index is 13.1. The monoisotopic (exact) mass is 647 g/mol. The zero-order valence-electron chi connectivity index (χ0n) is 26.9. The van der Waals surface area contributed by atoms with Gasteiger partial charge in [-0.2, -0.15) is 0 Å². The molecule has 2 aromatic carbocycles. The van der Waals surface area contributed by atoms with E-state index in [-0.39, 0.29) is 32.3 Å². The zero-order chi connectivity index (χ0) is 33.9. The van der Waals surface area contributed by atoms with Gasteiger partial charge in [-0.05, 0) is 49.9 Å². The van der Waals surface area contributed by atoms with E-state index in [2.05, 4.69) is 20.9 Å². The first kappa shape index (κ1) is 34.7. The van der Waals surface area contributed by atoms with Gasteiger partial charge < -0.3 is 40.2 Å². The van der Waals surface area contributed by atoms with Crippen LogP contribution in [0.5, 0.6) is 5.75 Å². The molecule has 3 aromatic rings. The van der Waals surface area contributed by atoms with Crippen molar-refractivity contribution in [1.82, 2.24) is 20.5 Å². The molecule has 47 heavy (non-hydrogen) atoms. The summed E-state index contributed by atoms with van der Waals surface area (Å²) in [6, 6.07) is 14.8. The Morgan fingerprint density at radius 3 is 2.45 bits per heavy atom. The lowest BCUT2D eigenvalue weighted by Crippen LogP contribution is -2.49. The lowest BCUT2D eigenvalue weighted by molar-refractivity contribution is -0.139. The maximum Gasteiger partial charge on any atom is 0.410 e. The predicted octanol–water partition coefficient (Wildman–Crippen LogP) is 3.22. The molecule has 0 spiro atoms. The molecule has 1 aliphatic rings. The van der Waals surface area contributed by atoms with Crippen LogP contribution in [0, 0.1) is 20.8 Å². The second kappa shape index (κ2) is 16.4. The van der Waals surface area contributed by atoms with Gasteiger partial charge in [-0.1, -0.05) is 48.0 Å². The Balaban J connectivity index is 1.32. The number of carbonyl (C=O) groups is 4.